The van der Waals surface area contributed by atoms with Crippen LogP contribution in [0, 0.1) is 5.41 Å². The summed E-state index contributed by atoms with van der Waals surface area (Å²) < 4.78 is 4.66. The number of ether oxygens (including phenoxy) is 1. The number of benzene rings is 1. The average molecular weight is 220 g/mol. The standard InChI is InChI=1S/C13H16O3/c1-13(2)7-9-5-4-8(12(15)16-3)6-10(9)11(13)14/h4-6,11,14H,7H2,1-3H3. The third-order valence-electron chi connectivity index (χ3n) is 3.25. The van der Waals surface area contributed by atoms with Gasteiger partial charge in [-0.15, -0.1) is 0 Å². The molecule has 0 radical (unpaired) electrons. The highest BCUT2D eigenvalue weighted by molar-refractivity contribution is 5.89. The fraction of sp³-hybridized carbons (Fsp3) is 0.462. The van der Waals surface area contributed by atoms with Crippen molar-refractivity contribution in [3.8, 4) is 0 Å². The van der Waals surface area contributed by atoms with Gasteiger partial charge in [0.1, 0.15) is 0 Å². The molecule has 0 saturated heterocycles. The largest absolute Gasteiger partial charge is 0.465 e. The number of hydrogen-bond donors (Lipinski definition) is 1. The first-order valence-corrected chi connectivity index (χ1v) is 5.35. The molecule has 3 nitrogen and oxygen atoms in total. The number of rotatable bonds is 1. The van der Waals surface area contributed by atoms with Crippen LogP contribution in [0.3, 0.4) is 0 Å². The van der Waals surface area contributed by atoms with Gasteiger partial charge < -0.3 is 9.84 Å². The molecule has 0 spiro atoms. The van der Waals surface area contributed by atoms with Crippen LogP contribution in [0.2, 0.25) is 0 Å². The number of hydrogen-bond acceptors (Lipinski definition) is 3. The van der Waals surface area contributed by atoms with E-state index in [2.05, 4.69) is 4.74 Å². The molecule has 1 aromatic carbocycles. The van der Waals surface area contributed by atoms with E-state index >= 15 is 0 Å². The highest BCUT2D eigenvalue weighted by atomic mass is 16.5. The van der Waals surface area contributed by atoms with Crippen molar-refractivity contribution < 1.29 is 14.6 Å². The van der Waals surface area contributed by atoms with Crippen molar-refractivity contribution in [3.05, 3.63) is 34.9 Å². The maximum absolute atomic E-state index is 11.4. The van der Waals surface area contributed by atoms with Gasteiger partial charge in [-0.25, -0.2) is 4.79 Å². The van der Waals surface area contributed by atoms with Gasteiger partial charge in [0.15, 0.2) is 0 Å². The summed E-state index contributed by atoms with van der Waals surface area (Å²) in [6, 6.07) is 5.39. The normalized spacial score (nSPS) is 21.6. The van der Waals surface area contributed by atoms with Crippen LogP contribution < -0.4 is 0 Å². The summed E-state index contributed by atoms with van der Waals surface area (Å²) in [5.41, 5.74) is 2.31. The van der Waals surface area contributed by atoms with E-state index < -0.39 is 6.10 Å². The van der Waals surface area contributed by atoms with Crippen LogP contribution >= 0.6 is 0 Å². The quantitative estimate of drug-likeness (QED) is 0.737. The minimum Gasteiger partial charge on any atom is -0.465 e. The molecule has 1 unspecified atom stereocenters. The molecule has 16 heavy (non-hydrogen) atoms. The highest BCUT2D eigenvalue weighted by Gasteiger charge is 2.37. The van der Waals surface area contributed by atoms with E-state index in [-0.39, 0.29) is 11.4 Å². The minimum absolute atomic E-state index is 0.156. The van der Waals surface area contributed by atoms with Crippen LogP contribution in [-0.2, 0) is 11.2 Å². The number of methoxy groups -OCH3 is 1. The third kappa shape index (κ3) is 1.61. The van der Waals surface area contributed by atoms with Gasteiger partial charge in [0, 0.05) is 0 Å². The molecule has 86 valence electrons. The molecule has 1 N–H and O–H groups in total. The van der Waals surface area contributed by atoms with Crippen LogP contribution in [-0.4, -0.2) is 18.2 Å². The Labute approximate surface area is 95.0 Å². The first-order chi connectivity index (χ1) is 7.45. The van der Waals surface area contributed by atoms with Crippen molar-refractivity contribution in [2.45, 2.75) is 26.4 Å². The van der Waals surface area contributed by atoms with Gasteiger partial charge in [0.25, 0.3) is 0 Å². The van der Waals surface area contributed by atoms with Gasteiger partial charge in [0.2, 0.25) is 0 Å². The summed E-state index contributed by atoms with van der Waals surface area (Å²) in [6.07, 6.45) is 0.331. The lowest BCUT2D eigenvalue weighted by Gasteiger charge is -2.22. The Hall–Kier alpha value is -1.35. The molecule has 2 rings (SSSR count). The van der Waals surface area contributed by atoms with Gasteiger partial charge in [-0.3, -0.25) is 0 Å². The van der Waals surface area contributed by atoms with E-state index in [4.69, 9.17) is 0 Å². The SMILES string of the molecule is COC(=O)c1ccc2c(c1)C(O)C(C)(C)C2. The fourth-order valence-electron chi connectivity index (χ4n) is 2.26. The lowest BCUT2D eigenvalue weighted by molar-refractivity contribution is 0.0596. The second-order valence-electron chi connectivity index (χ2n) is 4.97. The maximum Gasteiger partial charge on any atom is 0.337 e. The van der Waals surface area contributed by atoms with Crippen molar-refractivity contribution in [3.63, 3.8) is 0 Å². The van der Waals surface area contributed by atoms with E-state index in [1.807, 2.05) is 19.9 Å². The van der Waals surface area contributed by atoms with E-state index in [1.54, 1.807) is 12.1 Å². The first kappa shape index (κ1) is 11.1. The minimum atomic E-state index is -0.507. The number of fused-ring (bicyclic) bond motifs is 1. The predicted octanol–water partition coefficient (Wildman–Crippen LogP) is 2.09. The van der Waals surface area contributed by atoms with E-state index in [0.29, 0.717) is 5.56 Å². The van der Waals surface area contributed by atoms with Crippen molar-refractivity contribution in [1.29, 1.82) is 0 Å². The smallest absolute Gasteiger partial charge is 0.337 e. The van der Waals surface area contributed by atoms with Crippen molar-refractivity contribution in [1.82, 2.24) is 0 Å². The van der Waals surface area contributed by atoms with Crippen molar-refractivity contribution in [2.75, 3.05) is 7.11 Å². The second-order valence-corrected chi connectivity index (χ2v) is 4.97. The molecule has 0 aliphatic heterocycles. The van der Waals surface area contributed by atoms with Crippen LogP contribution in [0.5, 0.6) is 0 Å². The van der Waals surface area contributed by atoms with Gasteiger partial charge in [0.05, 0.1) is 18.8 Å². The molecule has 0 saturated carbocycles. The number of aliphatic hydroxyl groups is 1. The first-order valence-electron chi connectivity index (χ1n) is 5.35. The van der Waals surface area contributed by atoms with Gasteiger partial charge >= 0.3 is 5.97 Å². The number of carbonyl (C=O) groups excluding carboxylic acids is 1. The molecule has 1 aromatic rings. The lowest BCUT2D eigenvalue weighted by Crippen LogP contribution is -2.16. The van der Waals surface area contributed by atoms with Gasteiger partial charge in [-0.1, -0.05) is 19.9 Å². The number of carbonyl (C=O) groups is 1. The molecular formula is C13H16O3. The van der Waals surface area contributed by atoms with E-state index in [9.17, 15) is 9.90 Å². The van der Waals surface area contributed by atoms with Gasteiger partial charge in [-0.2, -0.15) is 0 Å². The molecule has 1 atom stereocenters. The van der Waals surface area contributed by atoms with Crippen LogP contribution in [0.15, 0.2) is 18.2 Å². The monoisotopic (exact) mass is 220 g/mol. The molecule has 0 aromatic heterocycles. The van der Waals surface area contributed by atoms with E-state index in [0.717, 1.165) is 17.5 Å². The molecule has 3 heteroatoms. The zero-order valence-corrected chi connectivity index (χ0v) is 9.78. The second kappa shape index (κ2) is 3.59. The summed E-state index contributed by atoms with van der Waals surface area (Å²) >= 11 is 0. The topological polar surface area (TPSA) is 46.5 Å². The van der Waals surface area contributed by atoms with Crippen LogP contribution in [0.25, 0.3) is 0 Å². The summed E-state index contributed by atoms with van der Waals surface area (Å²) in [6.45, 7) is 4.05. The van der Waals surface area contributed by atoms with Crippen molar-refractivity contribution in [2.24, 2.45) is 5.41 Å². The molecule has 0 bridgehead atoms. The Morgan fingerprint density at radius 1 is 1.50 bits per heavy atom. The Balaban J connectivity index is 2.43. The Morgan fingerprint density at radius 2 is 2.19 bits per heavy atom. The highest BCUT2D eigenvalue weighted by Crippen LogP contribution is 2.45. The van der Waals surface area contributed by atoms with Gasteiger partial charge in [-0.05, 0) is 35.1 Å². The Bertz CT molecular complexity index is 435. The summed E-state index contributed by atoms with van der Waals surface area (Å²) in [7, 11) is 1.36. The van der Waals surface area contributed by atoms with E-state index in [1.165, 1.54) is 7.11 Å². The Morgan fingerprint density at radius 3 is 2.81 bits per heavy atom. The van der Waals surface area contributed by atoms with Crippen LogP contribution in [0.1, 0.15) is 41.4 Å². The lowest BCUT2D eigenvalue weighted by atomic mass is 9.87. The van der Waals surface area contributed by atoms with Crippen molar-refractivity contribution >= 4 is 5.97 Å². The predicted molar refractivity (Wildman–Crippen MR) is 60.2 cm³/mol. The molecule has 1 aliphatic rings. The Kier molecular flexibility index (Phi) is 2.50. The third-order valence-corrected chi connectivity index (χ3v) is 3.25. The maximum atomic E-state index is 11.4. The molecule has 0 fully saturated rings. The zero-order chi connectivity index (χ0) is 11.9. The summed E-state index contributed by atoms with van der Waals surface area (Å²) in [4.78, 5) is 11.4. The fourth-order valence-corrected chi connectivity index (χ4v) is 2.26. The summed E-state index contributed by atoms with van der Waals surface area (Å²) in [5.74, 6) is -0.361. The average Bonchev–Trinajstić information content (AvgIpc) is 2.48. The zero-order valence-electron chi connectivity index (χ0n) is 9.78. The molecule has 0 amide bonds. The number of aliphatic hydroxyl groups excluding tert-OH is 1. The summed E-state index contributed by atoms with van der Waals surface area (Å²) in [5, 5.41) is 10.1. The molecule has 1 aliphatic carbocycles. The number of esters is 1. The van der Waals surface area contributed by atoms with Crippen LogP contribution in [0.4, 0.5) is 0 Å². The molecule has 0 heterocycles. The molecular weight excluding hydrogens is 204 g/mol.